The molecule has 0 amide bonds. The fourth-order valence-electron chi connectivity index (χ4n) is 6.23. The van der Waals surface area contributed by atoms with Gasteiger partial charge in [-0.15, -0.1) is 71.0 Å². The zero-order valence-corrected chi connectivity index (χ0v) is 29.0. The van der Waals surface area contributed by atoms with Crippen LogP contribution in [0.2, 0.25) is 0 Å². The number of hydrogen-bond donors (Lipinski definition) is 1. The van der Waals surface area contributed by atoms with E-state index in [1.54, 1.807) is 6.20 Å². The Morgan fingerprint density at radius 2 is 1.45 bits per heavy atom. The predicted octanol–water partition coefficient (Wildman–Crippen LogP) is 11.5. The van der Waals surface area contributed by atoms with Crippen LogP contribution in [0, 0.1) is 26.0 Å². The maximum absolute atomic E-state index is 4.68. The molecular weight excluding hydrogens is 771 g/mol. The topological polar surface area (TPSA) is 37.8 Å². The number of fused-ring (bicyclic) bond motifs is 10. The first kappa shape index (κ1) is 30.7. The van der Waals surface area contributed by atoms with E-state index in [0.29, 0.717) is 0 Å². The molecule has 0 spiro atoms. The Morgan fingerprint density at radius 1 is 0.638 bits per heavy atom. The molecule has 0 atom stereocenters. The molecule has 5 aromatic carbocycles. The summed E-state index contributed by atoms with van der Waals surface area (Å²) in [6.07, 6.45) is 3.71. The quantitative estimate of drug-likeness (QED) is 0.177. The zero-order valence-electron chi connectivity index (χ0n) is 25.8. The first-order chi connectivity index (χ1) is 22.6. The molecule has 2 bridgehead atoms. The summed E-state index contributed by atoms with van der Waals surface area (Å²) in [5.74, 6) is 0. The van der Waals surface area contributed by atoms with Gasteiger partial charge in [-0.1, -0.05) is 66.2 Å². The minimum Gasteiger partial charge on any atom is -0.394 e. The molecule has 4 heterocycles. The van der Waals surface area contributed by atoms with Crippen molar-refractivity contribution in [2.45, 2.75) is 13.8 Å². The number of aromatic nitrogens is 2. The van der Waals surface area contributed by atoms with Crippen LogP contribution in [0.25, 0.3) is 64.9 Å². The Bertz CT molecular complexity index is 2310. The van der Waals surface area contributed by atoms with Gasteiger partial charge in [0.05, 0.1) is 0 Å². The van der Waals surface area contributed by atoms with Crippen LogP contribution in [-0.2, 0) is 20.1 Å². The number of para-hydroxylation sites is 1. The Balaban J connectivity index is 0.000000228. The first-order valence-electron chi connectivity index (χ1n) is 15.3. The fourth-order valence-corrected chi connectivity index (χ4v) is 7.38. The molecule has 5 heteroatoms. The van der Waals surface area contributed by atoms with E-state index in [9.17, 15) is 0 Å². The number of hydrogen-bond acceptors (Lipinski definition) is 4. The number of benzene rings is 5. The minimum atomic E-state index is 0. The van der Waals surface area contributed by atoms with Gasteiger partial charge in [0.2, 0.25) is 0 Å². The average molecular weight is 800 g/mol. The summed E-state index contributed by atoms with van der Waals surface area (Å²) in [5, 5.41) is 6.37. The number of aryl methyl sites for hydroxylation is 1. The van der Waals surface area contributed by atoms with Gasteiger partial charge in [0.15, 0.2) is 0 Å². The molecule has 9 rings (SSSR count). The summed E-state index contributed by atoms with van der Waals surface area (Å²) in [6, 6.07) is 48.6. The zero-order chi connectivity index (χ0) is 31.0. The van der Waals surface area contributed by atoms with Crippen LogP contribution in [0.15, 0.2) is 134 Å². The molecule has 0 unspecified atom stereocenters. The second-order valence-corrected chi connectivity index (χ2v) is 12.5. The molecule has 1 aliphatic rings. The molecule has 0 saturated heterocycles. The van der Waals surface area contributed by atoms with E-state index >= 15 is 0 Å². The molecule has 0 saturated carbocycles. The summed E-state index contributed by atoms with van der Waals surface area (Å²) in [5.41, 5.74) is 13.6. The molecule has 229 valence electrons. The van der Waals surface area contributed by atoms with Crippen molar-refractivity contribution in [1.82, 2.24) is 9.97 Å². The standard InChI is InChI=1S/C31H21N2S.C11H8N.Ir/c1-18-11-13-25(32-17-18)20-12-14-27-24(15-20)30-19(2)23(21-7-3-5-9-26(21)33-27)16-29-31(30)22-8-4-6-10-28(22)34-29;1-2-6-10(7-3-1)11-8-4-5-9-12-11;/h3-11,13-17,33H,1-2H3;1-6,8-9H;/q2*-1;. The maximum Gasteiger partial charge on any atom is 0.0381 e. The van der Waals surface area contributed by atoms with Crippen molar-refractivity contribution in [3.63, 3.8) is 0 Å². The fraction of sp³-hybridized carbons (Fsp3) is 0.0476. The summed E-state index contributed by atoms with van der Waals surface area (Å²) in [4.78, 5) is 8.90. The van der Waals surface area contributed by atoms with Crippen LogP contribution in [0.1, 0.15) is 11.1 Å². The molecule has 1 radical (unpaired) electrons. The van der Waals surface area contributed by atoms with Crippen molar-refractivity contribution in [2.75, 3.05) is 5.32 Å². The average Bonchev–Trinajstić information content (AvgIpc) is 3.48. The molecule has 1 N–H and O–H groups in total. The van der Waals surface area contributed by atoms with Crippen molar-refractivity contribution in [3.05, 3.63) is 157 Å². The second kappa shape index (κ2) is 13.1. The van der Waals surface area contributed by atoms with Crippen molar-refractivity contribution >= 4 is 42.9 Å². The van der Waals surface area contributed by atoms with Gasteiger partial charge in [0.25, 0.3) is 0 Å². The van der Waals surface area contributed by atoms with Gasteiger partial charge in [-0.3, -0.25) is 0 Å². The van der Waals surface area contributed by atoms with Crippen LogP contribution < -0.4 is 5.32 Å². The van der Waals surface area contributed by atoms with Crippen LogP contribution in [0.3, 0.4) is 0 Å². The maximum atomic E-state index is 4.68. The van der Waals surface area contributed by atoms with Gasteiger partial charge in [-0.2, -0.15) is 0 Å². The van der Waals surface area contributed by atoms with E-state index in [0.717, 1.165) is 39.5 Å². The van der Waals surface area contributed by atoms with E-state index in [-0.39, 0.29) is 20.1 Å². The van der Waals surface area contributed by atoms with E-state index in [1.165, 1.54) is 48.0 Å². The summed E-state index contributed by atoms with van der Waals surface area (Å²) >= 11 is 1.87. The Kier molecular flexibility index (Phi) is 8.53. The largest absolute Gasteiger partial charge is 0.394 e. The van der Waals surface area contributed by atoms with E-state index < -0.39 is 0 Å². The summed E-state index contributed by atoms with van der Waals surface area (Å²) in [6.45, 7) is 4.33. The van der Waals surface area contributed by atoms with E-state index in [4.69, 9.17) is 0 Å². The number of rotatable bonds is 2. The smallest absolute Gasteiger partial charge is 0.0381 e. The van der Waals surface area contributed by atoms with Gasteiger partial charge >= 0.3 is 0 Å². The Hall–Kier alpha value is -4.93. The molecule has 8 aromatic rings. The normalized spacial score (nSPS) is 11.2. The van der Waals surface area contributed by atoms with Gasteiger partial charge < -0.3 is 15.3 Å². The summed E-state index contributed by atoms with van der Waals surface area (Å²) in [7, 11) is 0. The van der Waals surface area contributed by atoms with Gasteiger partial charge in [-0.05, 0) is 77.4 Å². The van der Waals surface area contributed by atoms with Gasteiger partial charge in [-0.25, -0.2) is 0 Å². The van der Waals surface area contributed by atoms with Gasteiger partial charge in [0, 0.05) is 63.9 Å². The van der Waals surface area contributed by atoms with E-state index in [2.05, 4.69) is 120 Å². The van der Waals surface area contributed by atoms with Crippen molar-refractivity contribution in [1.29, 1.82) is 0 Å². The third kappa shape index (κ3) is 5.79. The first-order valence-corrected chi connectivity index (χ1v) is 16.1. The number of pyridine rings is 2. The molecule has 0 aliphatic carbocycles. The third-order valence-electron chi connectivity index (χ3n) is 8.47. The molecule has 0 fully saturated rings. The SMILES string of the molecule is Cc1ccc(-c2[c-]cc3c(c2)-c2c(C)c(cc4sc5ccccc5c24)-c2ccccc2N3)nc1.[Ir].[c-]1ccccc1-c1ccccn1. The number of anilines is 2. The third-order valence-corrected chi connectivity index (χ3v) is 9.59. The molecule has 3 nitrogen and oxygen atoms in total. The van der Waals surface area contributed by atoms with Gasteiger partial charge in [0.1, 0.15) is 0 Å². The summed E-state index contributed by atoms with van der Waals surface area (Å²) < 4.78 is 2.64. The van der Waals surface area contributed by atoms with Crippen molar-refractivity contribution < 1.29 is 20.1 Å². The van der Waals surface area contributed by atoms with E-state index in [1.807, 2.05) is 60.0 Å². The number of nitrogens with one attached hydrogen (secondary N) is 1. The Labute approximate surface area is 292 Å². The minimum absolute atomic E-state index is 0. The molecule has 3 aromatic heterocycles. The van der Waals surface area contributed by atoms with Crippen LogP contribution in [0.5, 0.6) is 0 Å². The molecule has 47 heavy (non-hydrogen) atoms. The van der Waals surface area contributed by atoms with Crippen molar-refractivity contribution in [3.8, 4) is 44.8 Å². The van der Waals surface area contributed by atoms with Crippen molar-refractivity contribution in [2.24, 2.45) is 0 Å². The monoisotopic (exact) mass is 800 g/mol. The van der Waals surface area contributed by atoms with Crippen LogP contribution in [-0.4, -0.2) is 9.97 Å². The van der Waals surface area contributed by atoms with Crippen LogP contribution in [0.4, 0.5) is 11.4 Å². The second-order valence-electron chi connectivity index (χ2n) is 11.5. The Morgan fingerprint density at radius 3 is 2.26 bits per heavy atom. The molecule has 1 aliphatic heterocycles. The van der Waals surface area contributed by atoms with Crippen LogP contribution >= 0.6 is 11.3 Å². The predicted molar refractivity (Wildman–Crippen MR) is 194 cm³/mol. The number of nitrogens with zero attached hydrogens (tertiary/aromatic N) is 2. The molecular formula is C42H29IrN3S-2. The number of thiophene rings is 1.